The van der Waals surface area contributed by atoms with Crippen LogP contribution in [0.4, 0.5) is 0 Å². The van der Waals surface area contributed by atoms with Gasteiger partial charge in [-0.05, 0) is 24.7 Å². The maximum Gasteiger partial charge on any atom is 0.240 e. The van der Waals surface area contributed by atoms with Crippen molar-refractivity contribution in [1.82, 2.24) is 9.62 Å². The van der Waals surface area contributed by atoms with Crippen molar-refractivity contribution < 1.29 is 8.42 Å². The smallest absolute Gasteiger partial charge is 0.240 e. The normalized spacial score (nSPS) is 17.0. The highest BCUT2D eigenvalue weighted by Gasteiger charge is 2.13. The summed E-state index contributed by atoms with van der Waals surface area (Å²) in [7, 11) is -2.03. The van der Waals surface area contributed by atoms with Gasteiger partial charge >= 0.3 is 0 Å². The van der Waals surface area contributed by atoms with E-state index in [1.165, 1.54) is 7.05 Å². The molecule has 1 fully saturated rings. The first-order valence-corrected chi connectivity index (χ1v) is 9.32. The molecule has 0 unspecified atom stereocenters. The maximum atomic E-state index is 11.8. The minimum atomic E-state index is -3.42. The minimum Gasteiger partial charge on any atom is -0.370 e. The number of thioether (sulfide) groups is 1. The molecule has 0 bridgehead atoms. The fraction of sp³-hybridized carbons (Fsp3) is 0.462. The Morgan fingerprint density at radius 2 is 2.14 bits per heavy atom. The number of hydrogen-bond acceptors (Lipinski definition) is 4. The SMILES string of the molecule is CNS(=O)(=O)c1cccc(CN=C(N)N2CCSCC2)c1. The predicted octanol–water partition coefficient (Wildman–Crippen LogP) is 0.458. The van der Waals surface area contributed by atoms with Crippen LogP contribution in [0.5, 0.6) is 0 Å². The van der Waals surface area contributed by atoms with E-state index in [0.29, 0.717) is 12.5 Å². The number of guanidine groups is 1. The molecule has 0 radical (unpaired) electrons. The van der Waals surface area contributed by atoms with Gasteiger partial charge in [-0.15, -0.1) is 0 Å². The van der Waals surface area contributed by atoms with Crippen molar-refractivity contribution in [2.45, 2.75) is 11.4 Å². The number of nitrogens with two attached hydrogens (primary N) is 1. The molecule has 0 aliphatic carbocycles. The quantitative estimate of drug-likeness (QED) is 0.619. The highest BCUT2D eigenvalue weighted by atomic mass is 32.2. The van der Waals surface area contributed by atoms with E-state index in [-0.39, 0.29) is 4.90 Å². The lowest BCUT2D eigenvalue weighted by atomic mass is 10.2. The molecule has 3 N–H and O–H groups in total. The Bertz CT molecular complexity index is 610. The highest BCUT2D eigenvalue weighted by Crippen LogP contribution is 2.13. The topological polar surface area (TPSA) is 87.8 Å². The van der Waals surface area contributed by atoms with Gasteiger partial charge in [0.1, 0.15) is 0 Å². The first-order valence-electron chi connectivity index (χ1n) is 6.68. The summed E-state index contributed by atoms with van der Waals surface area (Å²) in [5, 5.41) is 0. The third-order valence-electron chi connectivity index (χ3n) is 3.24. The van der Waals surface area contributed by atoms with Crippen molar-refractivity contribution in [3.05, 3.63) is 29.8 Å². The molecule has 21 heavy (non-hydrogen) atoms. The summed E-state index contributed by atoms with van der Waals surface area (Å²) >= 11 is 1.91. The van der Waals surface area contributed by atoms with Crippen LogP contribution in [0.3, 0.4) is 0 Å². The second kappa shape index (κ2) is 7.15. The van der Waals surface area contributed by atoms with Crippen LogP contribution in [0.15, 0.2) is 34.2 Å². The van der Waals surface area contributed by atoms with Crippen LogP contribution < -0.4 is 10.5 Å². The summed E-state index contributed by atoms with van der Waals surface area (Å²) < 4.78 is 25.8. The zero-order valence-corrected chi connectivity index (χ0v) is 13.6. The molecule has 1 aromatic rings. The molecule has 0 aromatic heterocycles. The van der Waals surface area contributed by atoms with E-state index < -0.39 is 10.0 Å². The largest absolute Gasteiger partial charge is 0.370 e. The minimum absolute atomic E-state index is 0.241. The molecule has 0 saturated carbocycles. The second-order valence-electron chi connectivity index (χ2n) is 4.63. The summed E-state index contributed by atoms with van der Waals surface area (Å²) in [6.45, 7) is 2.20. The number of sulfonamides is 1. The molecule has 1 aromatic carbocycles. The van der Waals surface area contributed by atoms with Crippen LogP contribution in [-0.4, -0.2) is 50.9 Å². The molecular weight excluding hydrogens is 308 g/mol. The monoisotopic (exact) mass is 328 g/mol. The molecular formula is C13H20N4O2S2. The number of nitrogens with one attached hydrogen (secondary N) is 1. The van der Waals surface area contributed by atoms with Gasteiger partial charge in [-0.25, -0.2) is 18.1 Å². The Balaban J connectivity index is 2.07. The van der Waals surface area contributed by atoms with Crippen LogP contribution >= 0.6 is 11.8 Å². The van der Waals surface area contributed by atoms with Crippen molar-refractivity contribution in [3.63, 3.8) is 0 Å². The van der Waals surface area contributed by atoms with Gasteiger partial charge in [-0.2, -0.15) is 11.8 Å². The molecule has 116 valence electrons. The molecule has 0 amide bonds. The zero-order valence-electron chi connectivity index (χ0n) is 11.9. The number of rotatable bonds is 4. The summed E-state index contributed by atoms with van der Waals surface area (Å²) in [6, 6.07) is 6.74. The van der Waals surface area contributed by atoms with Crippen molar-refractivity contribution in [2.24, 2.45) is 10.7 Å². The predicted molar refractivity (Wildman–Crippen MR) is 86.9 cm³/mol. The molecule has 1 aliphatic rings. The maximum absolute atomic E-state index is 11.8. The summed E-state index contributed by atoms with van der Waals surface area (Å²) in [5.74, 6) is 2.65. The summed E-state index contributed by atoms with van der Waals surface area (Å²) in [4.78, 5) is 6.66. The molecule has 2 rings (SSSR count). The van der Waals surface area contributed by atoms with Crippen molar-refractivity contribution in [3.8, 4) is 0 Å². The first kappa shape index (κ1) is 16.1. The number of hydrogen-bond donors (Lipinski definition) is 2. The lowest BCUT2D eigenvalue weighted by molar-refractivity contribution is 0.455. The third kappa shape index (κ3) is 4.36. The average molecular weight is 328 g/mol. The average Bonchev–Trinajstić information content (AvgIpc) is 2.53. The molecule has 1 saturated heterocycles. The lowest BCUT2D eigenvalue weighted by Gasteiger charge is -2.27. The van der Waals surface area contributed by atoms with Gasteiger partial charge in [0.2, 0.25) is 10.0 Å². The molecule has 8 heteroatoms. The Morgan fingerprint density at radius 1 is 1.43 bits per heavy atom. The van der Waals surface area contributed by atoms with E-state index in [0.717, 1.165) is 30.2 Å². The first-order chi connectivity index (χ1) is 10.0. The molecule has 1 aliphatic heterocycles. The number of nitrogens with zero attached hydrogens (tertiary/aromatic N) is 2. The van der Waals surface area contributed by atoms with Crippen molar-refractivity contribution in [2.75, 3.05) is 31.6 Å². The Hall–Kier alpha value is -1.25. The Kier molecular flexibility index (Phi) is 5.49. The van der Waals surface area contributed by atoms with Gasteiger partial charge in [0.05, 0.1) is 11.4 Å². The number of aliphatic imine (C=N–C) groups is 1. The van der Waals surface area contributed by atoms with Crippen LogP contribution in [0.1, 0.15) is 5.56 Å². The standard InChI is InChI=1S/C13H20N4O2S2/c1-15-21(18,19)12-4-2-3-11(9-12)10-16-13(14)17-5-7-20-8-6-17/h2-4,9,15H,5-8,10H2,1H3,(H2,14,16). The van der Waals surface area contributed by atoms with E-state index in [1.54, 1.807) is 18.2 Å². The summed E-state index contributed by atoms with van der Waals surface area (Å²) in [5.41, 5.74) is 6.80. The lowest BCUT2D eigenvalue weighted by Crippen LogP contribution is -2.42. The van der Waals surface area contributed by atoms with E-state index in [2.05, 4.69) is 14.6 Å². The van der Waals surface area contributed by atoms with Gasteiger partial charge in [-0.3, -0.25) is 0 Å². The van der Waals surface area contributed by atoms with Crippen LogP contribution in [0.25, 0.3) is 0 Å². The second-order valence-corrected chi connectivity index (χ2v) is 7.74. The fourth-order valence-corrected chi connectivity index (χ4v) is 3.70. The highest BCUT2D eigenvalue weighted by molar-refractivity contribution is 7.99. The van der Waals surface area contributed by atoms with Crippen LogP contribution in [0.2, 0.25) is 0 Å². The molecule has 1 heterocycles. The van der Waals surface area contributed by atoms with E-state index >= 15 is 0 Å². The van der Waals surface area contributed by atoms with Crippen LogP contribution in [0, 0.1) is 0 Å². The van der Waals surface area contributed by atoms with Crippen molar-refractivity contribution in [1.29, 1.82) is 0 Å². The zero-order chi connectivity index (χ0) is 15.3. The van der Waals surface area contributed by atoms with Gasteiger partial charge in [0.15, 0.2) is 5.96 Å². The van der Waals surface area contributed by atoms with Crippen LogP contribution in [-0.2, 0) is 16.6 Å². The number of benzene rings is 1. The molecule has 0 spiro atoms. The Morgan fingerprint density at radius 3 is 2.81 bits per heavy atom. The van der Waals surface area contributed by atoms with E-state index in [4.69, 9.17) is 5.73 Å². The van der Waals surface area contributed by atoms with Gasteiger partial charge in [0.25, 0.3) is 0 Å². The van der Waals surface area contributed by atoms with Crippen molar-refractivity contribution >= 4 is 27.7 Å². The Labute approximate surface area is 129 Å². The van der Waals surface area contributed by atoms with E-state index in [9.17, 15) is 8.42 Å². The third-order valence-corrected chi connectivity index (χ3v) is 5.59. The fourth-order valence-electron chi connectivity index (χ4n) is 1.99. The van der Waals surface area contributed by atoms with Gasteiger partial charge in [0, 0.05) is 24.6 Å². The van der Waals surface area contributed by atoms with E-state index in [1.807, 2.05) is 17.8 Å². The molecule has 6 nitrogen and oxygen atoms in total. The van der Waals surface area contributed by atoms with Gasteiger partial charge < -0.3 is 10.6 Å². The van der Waals surface area contributed by atoms with Gasteiger partial charge in [-0.1, -0.05) is 12.1 Å². The summed E-state index contributed by atoms with van der Waals surface area (Å²) in [6.07, 6.45) is 0. The molecule has 0 atom stereocenters.